The van der Waals surface area contributed by atoms with Crippen LogP contribution >= 0.6 is 0 Å². The molecule has 0 aliphatic heterocycles. The predicted molar refractivity (Wildman–Crippen MR) is 63.9 cm³/mol. The fraction of sp³-hybridized carbons (Fsp3) is 0.538. The van der Waals surface area contributed by atoms with Crippen LogP contribution in [0, 0.1) is 23.7 Å². The Morgan fingerprint density at radius 2 is 1.69 bits per heavy atom. The van der Waals surface area contributed by atoms with Gasteiger partial charge in [0.2, 0.25) is 0 Å². The molecule has 0 saturated carbocycles. The molecule has 0 spiro atoms. The van der Waals surface area contributed by atoms with E-state index in [9.17, 15) is 0 Å². The third kappa shape index (κ3) is 6.69. The molecule has 0 radical (unpaired) electrons. The lowest BCUT2D eigenvalue weighted by Crippen LogP contribution is -3.00. The Balaban J connectivity index is 0. The molecule has 0 aliphatic carbocycles. The maximum Gasteiger partial charge on any atom is 0.142 e. The summed E-state index contributed by atoms with van der Waals surface area (Å²) < 4.78 is 0.855. The monoisotopic (exact) mass is 285 g/mol. The zero-order valence-electron chi connectivity index (χ0n) is 10.1. The second-order valence-corrected chi connectivity index (χ2v) is 3.33. The minimum atomic E-state index is -0.0637. The highest BCUT2D eigenvalue weighted by Gasteiger charge is 2.19. The first kappa shape index (κ1) is 17.6. The number of nitrogens with zero attached hydrogens (tertiary/aromatic N) is 1. The van der Waals surface area contributed by atoms with Crippen LogP contribution in [0.5, 0.6) is 0 Å². The lowest BCUT2D eigenvalue weighted by atomic mass is 10.3. The average molecular weight is 286 g/mol. The van der Waals surface area contributed by atoms with Gasteiger partial charge in [-0.05, 0) is 31.8 Å². The second kappa shape index (κ2) is 10.8. The molecule has 3 heteroatoms. The molecule has 0 unspecified atom stereocenters. The van der Waals surface area contributed by atoms with Crippen molar-refractivity contribution < 1.29 is 26.6 Å². The molecule has 0 rings (SSSR count). The number of halogens is 1. The number of allylic oxidation sites excluding steroid dienone is 1. The van der Waals surface area contributed by atoms with E-state index in [4.69, 9.17) is 5.11 Å². The molecule has 0 fully saturated rings. The van der Waals surface area contributed by atoms with Crippen LogP contribution < -0.4 is 17.0 Å². The van der Waals surface area contributed by atoms with Gasteiger partial charge in [0.05, 0.1) is 13.1 Å². The lowest BCUT2D eigenvalue weighted by molar-refractivity contribution is -0.911. The van der Waals surface area contributed by atoms with Crippen molar-refractivity contribution in [1.82, 2.24) is 0 Å². The van der Waals surface area contributed by atoms with Gasteiger partial charge in [0.15, 0.2) is 0 Å². The maximum atomic E-state index is 8.60. The summed E-state index contributed by atoms with van der Waals surface area (Å²) in [6.45, 7) is 11.3. The van der Waals surface area contributed by atoms with Gasteiger partial charge in [-0.2, -0.15) is 0 Å². The van der Waals surface area contributed by atoms with Crippen molar-refractivity contribution in [3.05, 3.63) is 12.7 Å². The van der Waals surface area contributed by atoms with Crippen LogP contribution in [-0.2, 0) is 0 Å². The summed E-state index contributed by atoms with van der Waals surface area (Å²) >= 11 is 0. The van der Waals surface area contributed by atoms with Gasteiger partial charge in [-0.3, -0.25) is 0 Å². The quantitative estimate of drug-likeness (QED) is 0.470. The molecular formula is C13H20BrNO. The summed E-state index contributed by atoms with van der Waals surface area (Å²) in [6.07, 6.45) is 1.61. The molecule has 0 aromatic heterocycles. The normalized spacial score (nSPS) is 8.94. The molecule has 0 aromatic rings. The minimum Gasteiger partial charge on any atom is -1.00 e. The molecule has 0 heterocycles. The highest BCUT2D eigenvalue weighted by molar-refractivity contribution is 5.12. The summed E-state index contributed by atoms with van der Waals surface area (Å²) in [7, 11) is 0. The van der Waals surface area contributed by atoms with Crippen molar-refractivity contribution in [2.45, 2.75) is 13.8 Å². The summed E-state index contributed by atoms with van der Waals surface area (Å²) in [4.78, 5) is 0. The van der Waals surface area contributed by atoms with Gasteiger partial charge in [0.25, 0.3) is 0 Å². The Morgan fingerprint density at radius 1 is 1.12 bits per heavy atom. The summed E-state index contributed by atoms with van der Waals surface area (Å²) in [5.74, 6) is 11.6. The van der Waals surface area contributed by atoms with Gasteiger partial charge < -0.3 is 26.6 Å². The summed E-state index contributed by atoms with van der Waals surface area (Å²) in [6, 6.07) is 0. The summed E-state index contributed by atoms with van der Waals surface area (Å²) in [5.41, 5.74) is 0. The molecule has 2 nitrogen and oxygen atoms in total. The molecule has 0 amide bonds. The molecule has 0 aromatic carbocycles. The third-order valence-electron chi connectivity index (χ3n) is 2.58. The van der Waals surface area contributed by atoms with E-state index in [0.717, 1.165) is 30.7 Å². The van der Waals surface area contributed by atoms with E-state index in [1.54, 1.807) is 6.08 Å². The number of aliphatic hydroxyl groups is 1. The fourth-order valence-electron chi connectivity index (χ4n) is 1.29. The van der Waals surface area contributed by atoms with Gasteiger partial charge in [0, 0.05) is 0 Å². The van der Waals surface area contributed by atoms with Gasteiger partial charge in [-0.15, -0.1) is 0 Å². The number of rotatable bonds is 4. The largest absolute Gasteiger partial charge is 1.00 e. The fourth-order valence-corrected chi connectivity index (χ4v) is 1.29. The number of hydrogen-bond acceptors (Lipinski definition) is 1. The smallest absolute Gasteiger partial charge is 0.142 e. The summed E-state index contributed by atoms with van der Waals surface area (Å²) in [5, 5.41) is 8.60. The van der Waals surface area contributed by atoms with Crippen molar-refractivity contribution in [2.24, 2.45) is 0 Å². The predicted octanol–water partition coefficient (Wildman–Crippen LogP) is -1.97. The molecule has 0 bridgehead atoms. The standard InChI is InChI=1S/C13H20NO.BrH/c1-4-7-8-11-14(5-2,6-3)12-9-10-13-15;/h4,15H,1,5-6,11-13H2,2-3H3;1H/q+1;/p-1. The first-order valence-corrected chi connectivity index (χ1v) is 5.25. The van der Waals surface area contributed by atoms with Gasteiger partial charge in [-0.1, -0.05) is 18.4 Å². The van der Waals surface area contributed by atoms with Crippen LogP contribution in [0.2, 0.25) is 0 Å². The Morgan fingerprint density at radius 3 is 2.12 bits per heavy atom. The number of hydrogen-bond donors (Lipinski definition) is 1. The molecule has 0 saturated heterocycles. The minimum absolute atomic E-state index is 0. The molecule has 1 N–H and O–H groups in total. The van der Waals surface area contributed by atoms with Crippen LogP contribution in [0.15, 0.2) is 12.7 Å². The molecular weight excluding hydrogens is 266 g/mol. The Hall–Kier alpha value is -0.740. The van der Waals surface area contributed by atoms with E-state index in [1.807, 2.05) is 0 Å². The SMILES string of the molecule is C=CC#CC[N+](CC)(CC)CC#CCO.[Br-]. The van der Waals surface area contributed by atoms with E-state index >= 15 is 0 Å². The van der Waals surface area contributed by atoms with E-state index < -0.39 is 0 Å². The molecule has 0 atom stereocenters. The third-order valence-corrected chi connectivity index (χ3v) is 2.58. The highest BCUT2D eigenvalue weighted by Crippen LogP contribution is 2.04. The molecule has 0 aliphatic rings. The Labute approximate surface area is 110 Å². The Kier molecular flexibility index (Phi) is 11.9. The van der Waals surface area contributed by atoms with Crippen LogP contribution in [-0.4, -0.2) is 42.4 Å². The average Bonchev–Trinajstić information content (AvgIpc) is 2.28. The van der Waals surface area contributed by atoms with Crippen LogP contribution in [0.1, 0.15) is 13.8 Å². The zero-order chi connectivity index (χ0) is 11.6. The van der Waals surface area contributed by atoms with Crippen LogP contribution in [0.4, 0.5) is 0 Å². The lowest BCUT2D eigenvalue weighted by Gasteiger charge is -2.32. The van der Waals surface area contributed by atoms with Crippen LogP contribution in [0.3, 0.4) is 0 Å². The molecule has 90 valence electrons. The maximum absolute atomic E-state index is 8.60. The van der Waals surface area contributed by atoms with E-state index in [1.165, 1.54) is 0 Å². The van der Waals surface area contributed by atoms with E-state index in [-0.39, 0.29) is 23.6 Å². The highest BCUT2D eigenvalue weighted by atomic mass is 79.9. The van der Waals surface area contributed by atoms with E-state index in [0.29, 0.717) is 0 Å². The van der Waals surface area contributed by atoms with Crippen molar-refractivity contribution >= 4 is 0 Å². The topological polar surface area (TPSA) is 20.2 Å². The van der Waals surface area contributed by atoms with E-state index in [2.05, 4.69) is 44.1 Å². The second-order valence-electron chi connectivity index (χ2n) is 3.33. The van der Waals surface area contributed by atoms with Crippen molar-refractivity contribution in [3.63, 3.8) is 0 Å². The number of aliphatic hydroxyl groups excluding tert-OH is 1. The zero-order valence-corrected chi connectivity index (χ0v) is 11.7. The first-order valence-electron chi connectivity index (χ1n) is 5.25. The van der Waals surface area contributed by atoms with Crippen molar-refractivity contribution in [1.29, 1.82) is 0 Å². The number of quaternary nitrogens is 1. The van der Waals surface area contributed by atoms with Crippen molar-refractivity contribution in [3.8, 4) is 23.7 Å². The van der Waals surface area contributed by atoms with Gasteiger partial charge in [0.1, 0.15) is 19.7 Å². The van der Waals surface area contributed by atoms with Crippen molar-refractivity contribution in [2.75, 3.05) is 32.8 Å². The van der Waals surface area contributed by atoms with Gasteiger partial charge in [-0.25, -0.2) is 0 Å². The molecule has 16 heavy (non-hydrogen) atoms. The first-order chi connectivity index (χ1) is 7.24. The van der Waals surface area contributed by atoms with Crippen LogP contribution in [0.25, 0.3) is 0 Å². The Bertz CT molecular complexity index is 299. The van der Waals surface area contributed by atoms with Gasteiger partial charge >= 0.3 is 0 Å².